The number of pyridine rings is 1. The van der Waals surface area contributed by atoms with Gasteiger partial charge >= 0.3 is 0 Å². The van der Waals surface area contributed by atoms with Crippen LogP contribution in [-0.2, 0) is 20.8 Å². The molecule has 0 radical (unpaired) electrons. The molecule has 2 aliphatic rings. The summed E-state index contributed by atoms with van der Waals surface area (Å²) >= 11 is 0. The van der Waals surface area contributed by atoms with Crippen molar-refractivity contribution in [2.24, 2.45) is 11.0 Å². The largest absolute Gasteiger partial charge is 0.337 e. The number of aromatic nitrogens is 1. The molecule has 8 nitrogen and oxygen atoms in total. The van der Waals surface area contributed by atoms with E-state index in [1.807, 2.05) is 42.6 Å². The Labute approximate surface area is 193 Å². The molecule has 0 aliphatic carbocycles. The lowest BCUT2D eigenvalue weighted by Gasteiger charge is -2.25. The summed E-state index contributed by atoms with van der Waals surface area (Å²) in [6.07, 6.45) is 6.28. The maximum absolute atomic E-state index is 13.4. The highest BCUT2D eigenvalue weighted by Crippen LogP contribution is 2.27. The van der Waals surface area contributed by atoms with Gasteiger partial charge in [0.1, 0.15) is 5.71 Å². The topological polar surface area (TPSA) is 95.0 Å². The second-order valence-electron chi connectivity index (χ2n) is 8.22. The Hall–Kier alpha value is -3.81. The minimum absolute atomic E-state index is 0.00470. The number of amides is 3. The van der Waals surface area contributed by atoms with Crippen molar-refractivity contribution in [3.63, 3.8) is 0 Å². The van der Waals surface area contributed by atoms with E-state index in [9.17, 15) is 14.4 Å². The molecule has 3 heterocycles. The van der Waals surface area contributed by atoms with Crippen molar-refractivity contribution in [2.75, 3.05) is 26.2 Å². The van der Waals surface area contributed by atoms with Gasteiger partial charge in [-0.1, -0.05) is 36.4 Å². The third kappa shape index (κ3) is 5.16. The molecule has 0 saturated carbocycles. The molecule has 1 aromatic carbocycles. The van der Waals surface area contributed by atoms with Crippen LogP contribution in [0.4, 0.5) is 0 Å². The van der Waals surface area contributed by atoms with Crippen LogP contribution in [0.25, 0.3) is 11.1 Å². The smallest absolute Gasteiger partial charge is 0.270 e. The van der Waals surface area contributed by atoms with E-state index in [1.54, 1.807) is 22.1 Å². The van der Waals surface area contributed by atoms with Gasteiger partial charge in [-0.25, -0.2) is 5.43 Å². The maximum Gasteiger partial charge on any atom is 0.270 e. The number of hydrogen-bond acceptors (Lipinski definition) is 5. The summed E-state index contributed by atoms with van der Waals surface area (Å²) in [6, 6.07) is 11.9. The van der Waals surface area contributed by atoms with Gasteiger partial charge < -0.3 is 9.80 Å². The van der Waals surface area contributed by atoms with E-state index in [0.717, 1.165) is 16.7 Å². The maximum atomic E-state index is 13.4. The van der Waals surface area contributed by atoms with Gasteiger partial charge in [0.05, 0.1) is 5.92 Å². The fraction of sp³-hybridized carbons (Fsp3) is 0.320. The van der Waals surface area contributed by atoms with Gasteiger partial charge in [-0.05, 0) is 23.6 Å². The van der Waals surface area contributed by atoms with Crippen LogP contribution in [0.1, 0.15) is 18.4 Å². The van der Waals surface area contributed by atoms with Crippen molar-refractivity contribution >= 4 is 23.4 Å². The molecule has 2 aliphatic heterocycles. The quantitative estimate of drug-likeness (QED) is 0.689. The van der Waals surface area contributed by atoms with Crippen molar-refractivity contribution in [3.8, 4) is 11.1 Å². The fourth-order valence-corrected chi connectivity index (χ4v) is 4.30. The molecule has 33 heavy (non-hydrogen) atoms. The van der Waals surface area contributed by atoms with E-state index in [4.69, 9.17) is 0 Å². The third-order valence-corrected chi connectivity index (χ3v) is 5.99. The Morgan fingerprint density at radius 3 is 2.73 bits per heavy atom. The molecule has 170 valence electrons. The van der Waals surface area contributed by atoms with Gasteiger partial charge in [-0.3, -0.25) is 19.4 Å². The van der Waals surface area contributed by atoms with Crippen LogP contribution in [0.15, 0.2) is 66.5 Å². The number of nitrogens with one attached hydrogen (secondary N) is 1. The monoisotopic (exact) mass is 445 g/mol. The van der Waals surface area contributed by atoms with Gasteiger partial charge in [-0.2, -0.15) is 5.10 Å². The lowest BCUT2D eigenvalue weighted by atomic mass is 9.91. The molecule has 1 atom stereocenters. The standard InChI is InChI=1S/C25H27N5O3/c1-2-12-29-13-14-30(25(33)22-9-10-23(31)28-27-22)17-20(24(29)32)15-18-6-3-4-8-21(18)19-7-5-11-26-16-19/h2-8,11,16,20H,1,9-10,12-15,17H2,(H,28,31)/t20-/m1/s1. The summed E-state index contributed by atoms with van der Waals surface area (Å²) in [5.74, 6) is -0.827. The molecule has 0 unspecified atom stereocenters. The molecule has 1 aromatic heterocycles. The SMILES string of the molecule is C=CCN1CCN(C(=O)C2=NNC(=O)CC2)C[C@@H](Cc2ccccc2-c2cccnc2)C1=O. The highest BCUT2D eigenvalue weighted by molar-refractivity contribution is 6.39. The summed E-state index contributed by atoms with van der Waals surface area (Å²) in [7, 11) is 0. The third-order valence-electron chi connectivity index (χ3n) is 5.99. The average Bonchev–Trinajstić information content (AvgIpc) is 2.99. The molecule has 8 heteroatoms. The normalized spacial score (nSPS) is 18.9. The van der Waals surface area contributed by atoms with E-state index in [1.165, 1.54) is 0 Å². The van der Waals surface area contributed by atoms with Crippen LogP contribution in [0.5, 0.6) is 0 Å². The van der Waals surface area contributed by atoms with Gasteiger partial charge in [0.15, 0.2) is 0 Å². The number of hydrazone groups is 1. The first kappa shape index (κ1) is 22.4. The Morgan fingerprint density at radius 1 is 1.15 bits per heavy atom. The summed E-state index contributed by atoms with van der Waals surface area (Å²) in [5.41, 5.74) is 5.75. The lowest BCUT2D eigenvalue weighted by Crippen LogP contribution is -2.43. The van der Waals surface area contributed by atoms with Gasteiger partial charge in [0.25, 0.3) is 5.91 Å². The number of hydrogen-bond donors (Lipinski definition) is 1. The molecule has 3 amide bonds. The second kappa shape index (κ2) is 10.2. The summed E-state index contributed by atoms with van der Waals surface area (Å²) < 4.78 is 0. The van der Waals surface area contributed by atoms with Gasteiger partial charge in [-0.15, -0.1) is 6.58 Å². The zero-order valence-corrected chi connectivity index (χ0v) is 18.4. The van der Waals surface area contributed by atoms with Crippen LogP contribution in [0, 0.1) is 5.92 Å². The summed E-state index contributed by atoms with van der Waals surface area (Å²) in [6.45, 7) is 5.33. The summed E-state index contributed by atoms with van der Waals surface area (Å²) in [5, 5.41) is 3.96. The van der Waals surface area contributed by atoms with E-state index >= 15 is 0 Å². The van der Waals surface area contributed by atoms with Crippen LogP contribution >= 0.6 is 0 Å². The fourth-order valence-electron chi connectivity index (χ4n) is 4.30. The first-order valence-electron chi connectivity index (χ1n) is 11.1. The van der Waals surface area contributed by atoms with E-state index < -0.39 is 5.92 Å². The minimum atomic E-state index is -0.409. The van der Waals surface area contributed by atoms with E-state index in [2.05, 4.69) is 22.1 Å². The Balaban J connectivity index is 1.61. The molecule has 0 bridgehead atoms. The highest BCUT2D eigenvalue weighted by atomic mass is 16.2. The second-order valence-corrected chi connectivity index (χ2v) is 8.22. The first-order valence-corrected chi connectivity index (χ1v) is 11.1. The van der Waals surface area contributed by atoms with Crippen molar-refractivity contribution < 1.29 is 14.4 Å². The Bertz CT molecular complexity index is 1080. The molecule has 1 saturated heterocycles. The first-order chi connectivity index (χ1) is 16.1. The molecular formula is C25H27N5O3. The Kier molecular flexibility index (Phi) is 6.92. The van der Waals surface area contributed by atoms with Crippen molar-refractivity contribution in [1.29, 1.82) is 0 Å². The molecule has 0 spiro atoms. The molecule has 4 rings (SSSR count). The predicted molar refractivity (Wildman–Crippen MR) is 125 cm³/mol. The summed E-state index contributed by atoms with van der Waals surface area (Å²) in [4.78, 5) is 45.7. The van der Waals surface area contributed by atoms with E-state index in [-0.39, 0.29) is 24.1 Å². The number of nitrogens with zero attached hydrogens (tertiary/aromatic N) is 4. The molecule has 1 fully saturated rings. The van der Waals surface area contributed by atoms with Crippen molar-refractivity contribution in [2.45, 2.75) is 19.3 Å². The van der Waals surface area contributed by atoms with Crippen LogP contribution in [0.2, 0.25) is 0 Å². The van der Waals surface area contributed by atoms with Crippen LogP contribution in [0.3, 0.4) is 0 Å². The number of rotatable bonds is 6. The van der Waals surface area contributed by atoms with Gasteiger partial charge in [0.2, 0.25) is 11.8 Å². The van der Waals surface area contributed by atoms with Crippen LogP contribution in [-0.4, -0.2) is 64.4 Å². The number of carbonyl (C=O) groups is 3. The van der Waals surface area contributed by atoms with Gasteiger partial charge in [0, 0.05) is 57.0 Å². The van der Waals surface area contributed by atoms with Crippen molar-refractivity contribution in [3.05, 3.63) is 67.0 Å². The van der Waals surface area contributed by atoms with E-state index in [0.29, 0.717) is 44.7 Å². The highest BCUT2D eigenvalue weighted by Gasteiger charge is 2.34. The number of carbonyl (C=O) groups excluding carboxylic acids is 3. The molecule has 1 N–H and O–H groups in total. The van der Waals surface area contributed by atoms with Crippen molar-refractivity contribution in [1.82, 2.24) is 20.2 Å². The molecule has 2 aromatic rings. The Morgan fingerprint density at radius 2 is 2.00 bits per heavy atom. The van der Waals surface area contributed by atoms with Crippen LogP contribution < -0.4 is 5.43 Å². The zero-order chi connectivity index (χ0) is 23.2. The zero-order valence-electron chi connectivity index (χ0n) is 18.4. The lowest BCUT2D eigenvalue weighted by molar-refractivity contribution is -0.134. The number of benzene rings is 1. The minimum Gasteiger partial charge on any atom is -0.337 e. The predicted octanol–water partition coefficient (Wildman–Crippen LogP) is 2.03. The molecular weight excluding hydrogens is 418 g/mol. The average molecular weight is 446 g/mol.